The molecule has 18 heavy (non-hydrogen) atoms. The summed E-state index contributed by atoms with van der Waals surface area (Å²) in [5.41, 5.74) is 5.78. The van der Waals surface area contributed by atoms with Gasteiger partial charge in [0, 0.05) is 0 Å². The zero-order valence-electron chi connectivity index (χ0n) is 9.55. The second-order valence-corrected chi connectivity index (χ2v) is 4.19. The zero-order chi connectivity index (χ0) is 13.0. The molecule has 0 saturated heterocycles. The van der Waals surface area contributed by atoms with E-state index in [0.717, 1.165) is 5.75 Å². The maximum Gasteiger partial charge on any atom is 0.240 e. The number of ether oxygens (including phenoxy) is 1. The van der Waals surface area contributed by atoms with Crippen LogP contribution in [-0.2, 0) is 4.79 Å². The number of halogens is 1. The van der Waals surface area contributed by atoms with Crippen LogP contribution >= 0.6 is 11.6 Å². The number of hydrogen-bond acceptors (Lipinski definition) is 2. The molecule has 0 bridgehead atoms. The van der Waals surface area contributed by atoms with Crippen molar-refractivity contribution in [2.24, 2.45) is 5.73 Å². The standard InChI is InChI=1S/C14H12ClNO2/c15-13(14(16)17)10-5-4-8-12(9-10)18-11-6-2-1-3-7-11/h1-9,13H,(H2,16,17). The van der Waals surface area contributed by atoms with E-state index in [9.17, 15) is 4.79 Å². The van der Waals surface area contributed by atoms with E-state index >= 15 is 0 Å². The van der Waals surface area contributed by atoms with Gasteiger partial charge in [0.25, 0.3) is 0 Å². The molecule has 0 aliphatic carbocycles. The van der Waals surface area contributed by atoms with Crippen molar-refractivity contribution in [1.29, 1.82) is 0 Å². The van der Waals surface area contributed by atoms with Crippen LogP contribution in [0.1, 0.15) is 10.9 Å². The van der Waals surface area contributed by atoms with Crippen molar-refractivity contribution in [3.63, 3.8) is 0 Å². The third kappa shape index (κ3) is 3.02. The highest BCUT2D eigenvalue weighted by Gasteiger charge is 2.14. The number of carbonyl (C=O) groups is 1. The van der Waals surface area contributed by atoms with E-state index in [1.807, 2.05) is 30.3 Å². The summed E-state index contributed by atoms with van der Waals surface area (Å²) in [4.78, 5) is 11.0. The number of hydrogen-bond donors (Lipinski definition) is 1. The molecule has 0 spiro atoms. The Kier molecular flexibility index (Phi) is 3.85. The molecule has 3 nitrogen and oxygen atoms in total. The van der Waals surface area contributed by atoms with Gasteiger partial charge in [-0.1, -0.05) is 30.3 Å². The average Bonchev–Trinajstić information content (AvgIpc) is 2.39. The summed E-state index contributed by atoms with van der Waals surface area (Å²) in [6.45, 7) is 0. The molecule has 1 atom stereocenters. The monoisotopic (exact) mass is 261 g/mol. The maximum absolute atomic E-state index is 11.0. The van der Waals surface area contributed by atoms with Crippen molar-refractivity contribution < 1.29 is 9.53 Å². The molecule has 0 aliphatic rings. The van der Waals surface area contributed by atoms with Crippen molar-refractivity contribution in [2.45, 2.75) is 5.38 Å². The van der Waals surface area contributed by atoms with Gasteiger partial charge in [-0.2, -0.15) is 0 Å². The Morgan fingerprint density at radius 2 is 1.72 bits per heavy atom. The summed E-state index contributed by atoms with van der Waals surface area (Å²) in [5.74, 6) is 0.763. The third-order valence-corrected chi connectivity index (χ3v) is 2.85. The number of benzene rings is 2. The van der Waals surface area contributed by atoms with Gasteiger partial charge in [0.05, 0.1) is 0 Å². The smallest absolute Gasteiger partial charge is 0.240 e. The van der Waals surface area contributed by atoms with Crippen molar-refractivity contribution in [1.82, 2.24) is 0 Å². The summed E-state index contributed by atoms with van der Waals surface area (Å²) < 4.78 is 5.64. The topological polar surface area (TPSA) is 52.3 Å². The van der Waals surface area contributed by atoms with E-state index in [2.05, 4.69) is 0 Å². The first-order chi connectivity index (χ1) is 8.66. The highest BCUT2D eigenvalue weighted by molar-refractivity contribution is 6.30. The maximum atomic E-state index is 11.0. The predicted molar refractivity (Wildman–Crippen MR) is 70.7 cm³/mol. The van der Waals surface area contributed by atoms with Gasteiger partial charge in [0.15, 0.2) is 0 Å². The van der Waals surface area contributed by atoms with E-state index in [-0.39, 0.29) is 0 Å². The van der Waals surface area contributed by atoms with Gasteiger partial charge < -0.3 is 10.5 Å². The molecular weight excluding hydrogens is 250 g/mol. The predicted octanol–water partition coefficient (Wildman–Crippen LogP) is 3.24. The van der Waals surface area contributed by atoms with Crippen LogP contribution in [0.15, 0.2) is 54.6 Å². The summed E-state index contributed by atoms with van der Waals surface area (Å²) >= 11 is 5.89. The minimum absolute atomic E-state index is 0.575. The van der Waals surface area contributed by atoms with Gasteiger partial charge in [-0.15, -0.1) is 11.6 Å². The molecule has 4 heteroatoms. The van der Waals surface area contributed by atoms with E-state index in [0.29, 0.717) is 11.3 Å². The van der Waals surface area contributed by atoms with Crippen LogP contribution in [0.3, 0.4) is 0 Å². The Morgan fingerprint density at radius 3 is 2.39 bits per heavy atom. The first-order valence-corrected chi connectivity index (χ1v) is 5.87. The number of amides is 1. The highest BCUT2D eigenvalue weighted by Crippen LogP contribution is 2.26. The molecule has 2 N–H and O–H groups in total. The molecule has 2 rings (SSSR count). The van der Waals surface area contributed by atoms with Crippen molar-refractivity contribution in [3.8, 4) is 11.5 Å². The van der Waals surface area contributed by atoms with Crippen molar-refractivity contribution in [3.05, 3.63) is 60.2 Å². The molecule has 2 aromatic carbocycles. The van der Waals surface area contributed by atoms with E-state index in [1.54, 1.807) is 24.3 Å². The van der Waals surface area contributed by atoms with Crippen LogP contribution in [0.5, 0.6) is 11.5 Å². The highest BCUT2D eigenvalue weighted by atomic mass is 35.5. The van der Waals surface area contributed by atoms with Crippen LogP contribution in [0, 0.1) is 0 Å². The Hall–Kier alpha value is -2.00. The summed E-state index contributed by atoms with van der Waals surface area (Å²) in [6, 6.07) is 16.4. The van der Waals surface area contributed by atoms with Gasteiger partial charge in [0.2, 0.25) is 5.91 Å². The van der Waals surface area contributed by atoms with Gasteiger partial charge in [0.1, 0.15) is 16.9 Å². The fourth-order valence-corrected chi connectivity index (χ4v) is 1.66. The van der Waals surface area contributed by atoms with Gasteiger partial charge >= 0.3 is 0 Å². The van der Waals surface area contributed by atoms with Gasteiger partial charge in [-0.05, 0) is 29.8 Å². The van der Waals surface area contributed by atoms with E-state index < -0.39 is 11.3 Å². The lowest BCUT2D eigenvalue weighted by Gasteiger charge is -2.09. The lowest BCUT2D eigenvalue weighted by Crippen LogP contribution is -2.16. The molecule has 0 saturated carbocycles. The Labute approximate surface area is 110 Å². The summed E-state index contributed by atoms with van der Waals surface area (Å²) in [5, 5.41) is -0.843. The normalized spacial score (nSPS) is 11.8. The molecular formula is C14H12ClNO2. The first kappa shape index (κ1) is 12.5. The number of carbonyl (C=O) groups excluding carboxylic acids is 1. The minimum Gasteiger partial charge on any atom is -0.457 e. The number of nitrogens with two attached hydrogens (primary N) is 1. The SMILES string of the molecule is NC(=O)C(Cl)c1cccc(Oc2ccccc2)c1. The van der Waals surface area contributed by atoms with Crippen LogP contribution in [0.2, 0.25) is 0 Å². The lowest BCUT2D eigenvalue weighted by atomic mass is 10.1. The largest absolute Gasteiger partial charge is 0.457 e. The van der Waals surface area contributed by atoms with E-state index in [1.165, 1.54) is 0 Å². The first-order valence-electron chi connectivity index (χ1n) is 5.43. The molecule has 1 amide bonds. The molecule has 1 unspecified atom stereocenters. The van der Waals surface area contributed by atoms with E-state index in [4.69, 9.17) is 22.1 Å². The van der Waals surface area contributed by atoms with Crippen molar-refractivity contribution >= 4 is 17.5 Å². The molecule has 0 radical (unpaired) electrons. The van der Waals surface area contributed by atoms with Gasteiger partial charge in [-0.25, -0.2) is 0 Å². The molecule has 0 fully saturated rings. The van der Waals surface area contributed by atoms with Crippen LogP contribution in [0.25, 0.3) is 0 Å². The zero-order valence-corrected chi connectivity index (χ0v) is 10.3. The van der Waals surface area contributed by atoms with Crippen LogP contribution in [-0.4, -0.2) is 5.91 Å². The number of para-hydroxylation sites is 1. The molecule has 92 valence electrons. The number of primary amides is 1. The number of rotatable bonds is 4. The quantitative estimate of drug-likeness (QED) is 0.859. The third-order valence-electron chi connectivity index (χ3n) is 2.38. The summed E-state index contributed by atoms with van der Waals surface area (Å²) in [7, 11) is 0. The lowest BCUT2D eigenvalue weighted by molar-refractivity contribution is -0.117. The Bertz CT molecular complexity index is 543. The fourth-order valence-electron chi connectivity index (χ4n) is 1.52. The second kappa shape index (κ2) is 5.56. The molecule has 2 aromatic rings. The Morgan fingerprint density at radius 1 is 1.06 bits per heavy atom. The van der Waals surface area contributed by atoms with Crippen LogP contribution < -0.4 is 10.5 Å². The van der Waals surface area contributed by atoms with Crippen molar-refractivity contribution in [2.75, 3.05) is 0 Å². The second-order valence-electron chi connectivity index (χ2n) is 3.75. The molecule has 0 aliphatic heterocycles. The minimum atomic E-state index is -0.843. The summed E-state index contributed by atoms with van der Waals surface area (Å²) in [6.07, 6.45) is 0. The van der Waals surface area contributed by atoms with Gasteiger partial charge in [-0.3, -0.25) is 4.79 Å². The number of alkyl halides is 1. The van der Waals surface area contributed by atoms with Crippen LogP contribution in [0.4, 0.5) is 0 Å². The average molecular weight is 262 g/mol. The molecule has 0 aromatic heterocycles. The molecule has 0 heterocycles. The fraction of sp³-hybridized carbons (Fsp3) is 0.0714. The Balaban J connectivity index is 2.20.